The Balaban J connectivity index is 3.97. The van der Waals surface area contributed by atoms with E-state index in [1.807, 2.05) is 0 Å². The van der Waals surface area contributed by atoms with Gasteiger partial charge >= 0.3 is 13.8 Å². The van der Waals surface area contributed by atoms with Crippen LogP contribution in [0.15, 0.2) is 24.3 Å². The molecule has 0 saturated carbocycles. The summed E-state index contributed by atoms with van der Waals surface area (Å²) >= 11 is 0. The van der Waals surface area contributed by atoms with Crippen molar-refractivity contribution < 1.29 is 32.8 Å². The van der Waals surface area contributed by atoms with Crippen molar-refractivity contribution in [3.63, 3.8) is 0 Å². The van der Waals surface area contributed by atoms with Crippen LogP contribution in [0.3, 0.4) is 0 Å². The molecule has 0 aromatic heterocycles. The van der Waals surface area contributed by atoms with Crippen molar-refractivity contribution in [1.82, 2.24) is 0 Å². The highest BCUT2D eigenvalue weighted by Crippen LogP contribution is 2.43. The molecule has 2 atom stereocenters. The number of phosphoric acid groups is 1. The van der Waals surface area contributed by atoms with Gasteiger partial charge in [-0.1, -0.05) is 192 Å². The van der Waals surface area contributed by atoms with E-state index in [0.29, 0.717) is 13.0 Å². The van der Waals surface area contributed by atoms with Crippen LogP contribution >= 0.6 is 7.82 Å². The van der Waals surface area contributed by atoms with Gasteiger partial charge in [-0.25, -0.2) is 4.57 Å². The first kappa shape index (κ1) is 52.0. The average Bonchev–Trinajstić information content (AvgIpc) is 3.15. The van der Waals surface area contributed by atoms with Gasteiger partial charge in [-0.15, -0.1) is 0 Å². The molecule has 9 heteroatoms. The second-order valence-electron chi connectivity index (χ2n) is 14.9. The van der Waals surface area contributed by atoms with E-state index in [-0.39, 0.29) is 32.3 Å². The summed E-state index contributed by atoms with van der Waals surface area (Å²) in [7, 11) is -4.28. The summed E-state index contributed by atoms with van der Waals surface area (Å²) in [5.41, 5.74) is 5.37. The lowest BCUT2D eigenvalue weighted by molar-refractivity contribution is -0.154. The fourth-order valence-corrected chi connectivity index (χ4v) is 7.07. The third-order valence-electron chi connectivity index (χ3n) is 9.62. The fourth-order valence-electron chi connectivity index (χ4n) is 6.31. The molecule has 0 saturated heterocycles. The second kappa shape index (κ2) is 42.1. The number of hydrogen-bond donors (Lipinski definition) is 2. The Hall–Kier alpha value is -1.02. The summed E-state index contributed by atoms with van der Waals surface area (Å²) in [6, 6.07) is 0. The van der Waals surface area contributed by atoms with E-state index in [1.54, 1.807) is 0 Å². The molecule has 0 aliphatic rings. The molecule has 314 valence electrons. The minimum atomic E-state index is -4.28. The normalized spacial score (nSPS) is 13.7. The van der Waals surface area contributed by atoms with Crippen LogP contribution in [0.5, 0.6) is 0 Å². The van der Waals surface area contributed by atoms with E-state index in [0.717, 1.165) is 57.8 Å². The number of unbranched alkanes of at least 4 members (excludes halogenated alkanes) is 26. The lowest BCUT2D eigenvalue weighted by Crippen LogP contribution is -2.28. The van der Waals surface area contributed by atoms with E-state index >= 15 is 0 Å². The Morgan fingerprint density at radius 2 is 1.02 bits per heavy atom. The second-order valence-corrected chi connectivity index (χ2v) is 16.4. The molecule has 2 unspecified atom stereocenters. The number of carbonyl (C=O) groups is 1. The molecule has 0 aliphatic carbocycles. The zero-order valence-corrected chi connectivity index (χ0v) is 35.7. The first-order valence-electron chi connectivity index (χ1n) is 22.3. The molecule has 0 aromatic carbocycles. The Morgan fingerprint density at radius 1 is 0.566 bits per heavy atom. The molecule has 0 spiro atoms. The SMILES string of the molecule is CCCC/C=C\C/C=C\CCCCCCCC(=O)OC(COCCCCCCCCCCCCCCCCCCCCCC)COP(=O)(O)OCCN. The van der Waals surface area contributed by atoms with Crippen molar-refractivity contribution in [3.05, 3.63) is 24.3 Å². The van der Waals surface area contributed by atoms with Crippen LogP contribution in [0, 0.1) is 0 Å². The highest BCUT2D eigenvalue weighted by Gasteiger charge is 2.25. The number of allylic oxidation sites excluding steroid dienone is 4. The third-order valence-corrected chi connectivity index (χ3v) is 10.6. The summed E-state index contributed by atoms with van der Waals surface area (Å²) in [6.07, 6.45) is 46.3. The minimum Gasteiger partial charge on any atom is -0.457 e. The maximum atomic E-state index is 12.6. The number of ether oxygens (including phenoxy) is 2. The van der Waals surface area contributed by atoms with E-state index in [1.165, 1.54) is 135 Å². The van der Waals surface area contributed by atoms with Crippen molar-refractivity contribution >= 4 is 13.8 Å². The summed E-state index contributed by atoms with van der Waals surface area (Å²) in [4.78, 5) is 22.5. The van der Waals surface area contributed by atoms with Crippen molar-refractivity contribution in [1.29, 1.82) is 0 Å². The van der Waals surface area contributed by atoms with Gasteiger partial charge < -0.3 is 20.1 Å². The number of nitrogens with two attached hydrogens (primary N) is 1. The summed E-state index contributed by atoms with van der Waals surface area (Å²) < 4.78 is 33.4. The van der Waals surface area contributed by atoms with Crippen molar-refractivity contribution in [2.24, 2.45) is 5.73 Å². The fraction of sp³-hybridized carbons (Fsp3) is 0.886. The first-order chi connectivity index (χ1) is 25.9. The molecular weight excluding hydrogens is 685 g/mol. The summed E-state index contributed by atoms with van der Waals surface area (Å²) in [5.74, 6) is -0.341. The number of hydrogen-bond acceptors (Lipinski definition) is 7. The quantitative estimate of drug-likeness (QED) is 0.0272. The predicted octanol–water partition coefficient (Wildman–Crippen LogP) is 13.3. The maximum Gasteiger partial charge on any atom is 0.472 e. The van der Waals surface area contributed by atoms with Gasteiger partial charge in [0.1, 0.15) is 6.10 Å². The Kier molecular flexibility index (Phi) is 41.3. The minimum absolute atomic E-state index is 0.0963. The first-order valence-corrected chi connectivity index (χ1v) is 23.8. The molecule has 0 aromatic rings. The standard InChI is InChI=1S/C44H86NO7P/c1-3-5-7-9-11-13-15-17-19-20-21-22-23-24-26-28-30-32-34-36-39-49-41-43(42-51-53(47,48)50-40-38-45)52-44(46)37-35-33-31-29-27-25-18-16-14-12-10-8-6-4-2/h10,12,16,18,43H,3-9,11,13-15,17,19-42,45H2,1-2H3,(H,47,48)/b12-10-,18-16-. The van der Waals surface area contributed by atoms with E-state index in [9.17, 15) is 14.3 Å². The number of esters is 1. The molecule has 0 aliphatic heterocycles. The van der Waals surface area contributed by atoms with Gasteiger partial charge in [-0.05, 0) is 38.5 Å². The Labute approximate surface area is 327 Å². The molecule has 0 amide bonds. The zero-order valence-electron chi connectivity index (χ0n) is 34.8. The van der Waals surface area contributed by atoms with Crippen LogP contribution in [0.1, 0.15) is 213 Å². The monoisotopic (exact) mass is 772 g/mol. The number of phosphoric ester groups is 1. The Morgan fingerprint density at radius 3 is 1.53 bits per heavy atom. The van der Waals surface area contributed by atoms with Crippen LogP contribution < -0.4 is 5.73 Å². The third kappa shape index (κ3) is 42.0. The lowest BCUT2D eigenvalue weighted by atomic mass is 10.0. The molecule has 3 N–H and O–H groups in total. The van der Waals surface area contributed by atoms with Crippen LogP contribution in [0.25, 0.3) is 0 Å². The van der Waals surface area contributed by atoms with E-state index in [4.69, 9.17) is 24.3 Å². The van der Waals surface area contributed by atoms with Gasteiger partial charge in [-0.3, -0.25) is 13.8 Å². The molecule has 0 radical (unpaired) electrons. The van der Waals surface area contributed by atoms with Gasteiger partial charge in [0, 0.05) is 19.6 Å². The topological polar surface area (TPSA) is 117 Å². The molecule has 8 nitrogen and oxygen atoms in total. The van der Waals surface area contributed by atoms with Gasteiger partial charge in [0.2, 0.25) is 0 Å². The van der Waals surface area contributed by atoms with Gasteiger partial charge in [0.15, 0.2) is 0 Å². The smallest absolute Gasteiger partial charge is 0.457 e. The molecular formula is C44H86NO7P. The highest BCUT2D eigenvalue weighted by molar-refractivity contribution is 7.47. The zero-order chi connectivity index (χ0) is 38.8. The highest BCUT2D eigenvalue weighted by atomic mass is 31.2. The lowest BCUT2D eigenvalue weighted by Gasteiger charge is -2.20. The molecule has 53 heavy (non-hydrogen) atoms. The average molecular weight is 772 g/mol. The van der Waals surface area contributed by atoms with Gasteiger partial charge in [0.25, 0.3) is 0 Å². The largest absolute Gasteiger partial charge is 0.472 e. The van der Waals surface area contributed by atoms with Crippen molar-refractivity contribution in [2.75, 3.05) is 33.0 Å². The van der Waals surface area contributed by atoms with Crippen LogP contribution in [-0.4, -0.2) is 49.9 Å². The molecule has 0 heterocycles. The molecule has 0 fully saturated rings. The van der Waals surface area contributed by atoms with Crippen molar-refractivity contribution in [3.8, 4) is 0 Å². The molecule has 0 rings (SSSR count). The molecule has 0 bridgehead atoms. The van der Waals surface area contributed by atoms with Gasteiger partial charge in [0.05, 0.1) is 19.8 Å². The van der Waals surface area contributed by atoms with Crippen LogP contribution in [0.4, 0.5) is 0 Å². The summed E-state index contributed by atoms with van der Waals surface area (Å²) in [6.45, 7) is 4.90. The van der Waals surface area contributed by atoms with Crippen LogP contribution in [0.2, 0.25) is 0 Å². The Bertz CT molecular complexity index is 869. The van der Waals surface area contributed by atoms with Crippen molar-refractivity contribution in [2.45, 2.75) is 219 Å². The van der Waals surface area contributed by atoms with E-state index < -0.39 is 13.9 Å². The predicted molar refractivity (Wildman–Crippen MR) is 224 cm³/mol. The van der Waals surface area contributed by atoms with E-state index in [2.05, 4.69) is 38.2 Å². The summed E-state index contributed by atoms with van der Waals surface area (Å²) in [5, 5.41) is 0. The van der Waals surface area contributed by atoms with Crippen LogP contribution in [-0.2, 0) is 27.9 Å². The van der Waals surface area contributed by atoms with Gasteiger partial charge in [-0.2, -0.15) is 0 Å². The number of rotatable bonds is 43. The maximum absolute atomic E-state index is 12.6. The number of carbonyl (C=O) groups excluding carboxylic acids is 1.